The lowest BCUT2D eigenvalue weighted by Gasteiger charge is -2.43. The number of carbonyl (C=O) groups is 5. The van der Waals surface area contributed by atoms with E-state index in [1.165, 1.54) is 24.3 Å². The summed E-state index contributed by atoms with van der Waals surface area (Å²) < 4.78 is 30.9. The van der Waals surface area contributed by atoms with Crippen LogP contribution in [0, 0.1) is 4.91 Å². The van der Waals surface area contributed by atoms with Gasteiger partial charge in [-0.1, -0.05) is 0 Å². The minimum Gasteiger partial charge on any atom is -0.463 e. The molecule has 1 aromatic carbocycles. The Balaban J connectivity index is 2.25. The van der Waals surface area contributed by atoms with Gasteiger partial charge < -0.3 is 28.4 Å². The standard InChI is InChI=1S/C21H23NO14/c1-10(23)29-9-16-17(30-11(2)24)18(31-12(3)25)19(32-13(4)26)20(34-16)35-36-21(27)33-15-7-5-14(22-28)6-8-15/h5-8,16-20H,9H2,1-4H3/p+1/t16-,17+,18+,19-,20+/m1/s1. The van der Waals surface area contributed by atoms with Crippen molar-refractivity contribution in [1.82, 2.24) is 0 Å². The van der Waals surface area contributed by atoms with Crippen molar-refractivity contribution in [2.75, 3.05) is 6.61 Å². The topological polar surface area (TPSA) is 190 Å². The zero-order chi connectivity index (χ0) is 26.8. The molecular weight excluding hydrogens is 490 g/mol. The van der Waals surface area contributed by atoms with E-state index in [1.54, 1.807) is 5.18 Å². The number of rotatable bonds is 9. The Hall–Kier alpha value is -4.11. The van der Waals surface area contributed by atoms with Crippen LogP contribution in [0.4, 0.5) is 10.5 Å². The van der Waals surface area contributed by atoms with Gasteiger partial charge in [0.05, 0.1) is 0 Å². The van der Waals surface area contributed by atoms with Gasteiger partial charge in [-0.05, 0) is 12.1 Å². The fourth-order valence-corrected chi connectivity index (χ4v) is 3.06. The van der Waals surface area contributed by atoms with Crippen LogP contribution < -0.4 is 9.91 Å². The van der Waals surface area contributed by atoms with Crippen LogP contribution >= 0.6 is 0 Å². The van der Waals surface area contributed by atoms with E-state index in [0.717, 1.165) is 27.7 Å². The summed E-state index contributed by atoms with van der Waals surface area (Å²) in [4.78, 5) is 78.7. The van der Waals surface area contributed by atoms with Crippen molar-refractivity contribution in [2.24, 2.45) is 0 Å². The van der Waals surface area contributed by atoms with Crippen molar-refractivity contribution in [3.05, 3.63) is 29.2 Å². The molecular formula is C21H24NO14+. The van der Waals surface area contributed by atoms with Crippen LogP contribution in [0.5, 0.6) is 5.75 Å². The third-order valence-electron chi connectivity index (χ3n) is 4.33. The molecule has 0 amide bonds. The maximum absolute atomic E-state index is 12.1. The zero-order valence-corrected chi connectivity index (χ0v) is 19.6. The van der Waals surface area contributed by atoms with Gasteiger partial charge in [-0.2, -0.15) is 0 Å². The molecule has 1 aliphatic heterocycles. The van der Waals surface area contributed by atoms with Gasteiger partial charge in [0.2, 0.25) is 6.29 Å². The molecule has 1 heterocycles. The number of esters is 4. The fourth-order valence-electron chi connectivity index (χ4n) is 3.06. The molecule has 15 nitrogen and oxygen atoms in total. The van der Waals surface area contributed by atoms with Crippen LogP contribution in [-0.2, 0) is 52.6 Å². The molecule has 0 aromatic heterocycles. The summed E-state index contributed by atoms with van der Waals surface area (Å²) in [5.41, 5.74) is 0.212. The van der Waals surface area contributed by atoms with Crippen molar-refractivity contribution in [3.8, 4) is 5.75 Å². The van der Waals surface area contributed by atoms with E-state index < -0.39 is 67.3 Å². The van der Waals surface area contributed by atoms with Gasteiger partial charge >= 0.3 is 30.0 Å². The molecule has 1 N–H and O–H groups in total. The molecule has 0 radical (unpaired) electrons. The second kappa shape index (κ2) is 13.1. The maximum Gasteiger partial charge on any atom is 0.546 e. The van der Waals surface area contributed by atoms with E-state index in [-0.39, 0.29) is 11.4 Å². The van der Waals surface area contributed by atoms with E-state index in [9.17, 15) is 28.9 Å². The highest BCUT2D eigenvalue weighted by Gasteiger charge is 2.53. The molecule has 15 heteroatoms. The molecule has 0 bridgehead atoms. The van der Waals surface area contributed by atoms with Gasteiger partial charge in [0, 0.05) is 49.9 Å². The molecule has 1 aliphatic rings. The van der Waals surface area contributed by atoms with Crippen LogP contribution in [0.2, 0.25) is 0 Å². The van der Waals surface area contributed by atoms with E-state index >= 15 is 0 Å². The lowest BCUT2D eigenvalue weighted by Crippen LogP contribution is -2.63. The second-order valence-electron chi connectivity index (χ2n) is 7.23. The summed E-state index contributed by atoms with van der Waals surface area (Å²) in [6.07, 6.45) is -8.95. The van der Waals surface area contributed by atoms with E-state index in [4.69, 9.17) is 33.3 Å². The first-order chi connectivity index (χ1) is 17.0. The minimum atomic E-state index is -1.75. The first-order valence-corrected chi connectivity index (χ1v) is 10.3. The number of ether oxygens (including phenoxy) is 6. The number of hydrogen-bond acceptors (Lipinski definition) is 14. The number of hydrogen-bond donors (Lipinski definition) is 1. The summed E-state index contributed by atoms with van der Waals surface area (Å²) in [6.45, 7) is 3.76. The molecule has 0 aliphatic carbocycles. The second-order valence-corrected chi connectivity index (χ2v) is 7.23. The molecule has 0 unspecified atom stereocenters. The Labute approximate surface area is 203 Å². The Morgan fingerprint density at radius 2 is 1.36 bits per heavy atom. The molecule has 1 aromatic rings. The molecule has 5 atom stereocenters. The average Bonchev–Trinajstić information content (AvgIpc) is 2.79. The quantitative estimate of drug-likeness (QED) is 0.148. The molecule has 36 heavy (non-hydrogen) atoms. The van der Waals surface area contributed by atoms with E-state index in [1.807, 2.05) is 0 Å². The number of nitrogens with one attached hydrogen (secondary N) is 1. The molecule has 1 fully saturated rings. The smallest absolute Gasteiger partial charge is 0.463 e. The first kappa shape index (κ1) is 28.1. The van der Waals surface area contributed by atoms with E-state index in [0.29, 0.717) is 0 Å². The van der Waals surface area contributed by atoms with Gasteiger partial charge in [0.15, 0.2) is 18.3 Å². The van der Waals surface area contributed by atoms with Crippen molar-refractivity contribution in [3.63, 3.8) is 0 Å². The monoisotopic (exact) mass is 514 g/mol. The predicted molar refractivity (Wildman–Crippen MR) is 111 cm³/mol. The van der Waals surface area contributed by atoms with Crippen molar-refractivity contribution < 1.29 is 67.3 Å². The van der Waals surface area contributed by atoms with Crippen molar-refractivity contribution in [1.29, 1.82) is 0 Å². The molecule has 196 valence electrons. The number of carbonyl (C=O) groups excluding carboxylic acids is 5. The van der Waals surface area contributed by atoms with Gasteiger partial charge in [0.25, 0.3) is 5.69 Å². The highest BCUT2D eigenvalue weighted by atomic mass is 17.3. The van der Waals surface area contributed by atoms with Crippen LogP contribution in [0.1, 0.15) is 27.7 Å². The molecule has 0 spiro atoms. The average molecular weight is 514 g/mol. The van der Waals surface area contributed by atoms with Crippen LogP contribution in [0.15, 0.2) is 24.3 Å². The predicted octanol–water partition coefficient (Wildman–Crippen LogP) is -0.305. The first-order valence-electron chi connectivity index (χ1n) is 10.3. The summed E-state index contributed by atoms with van der Waals surface area (Å²) >= 11 is 0. The van der Waals surface area contributed by atoms with E-state index in [2.05, 4.69) is 4.89 Å². The highest BCUT2D eigenvalue weighted by Crippen LogP contribution is 2.30. The Kier molecular flexibility index (Phi) is 10.2. The largest absolute Gasteiger partial charge is 0.546 e. The van der Waals surface area contributed by atoms with Crippen LogP contribution in [0.25, 0.3) is 0 Å². The lowest BCUT2D eigenvalue weighted by molar-refractivity contribution is -0.402. The normalized spacial score (nSPS) is 22.9. The summed E-state index contributed by atoms with van der Waals surface area (Å²) in [6, 6.07) is 5.23. The van der Waals surface area contributed by atoms with Gasteiger partial charge in [-0.15, -0.1) is 4.89 Å². The highest BCUT2D eigenvalue weighted by molar-refractivity contribution is 5.69. The SMILES string of the molecule is CC(=O)OC[C@H]1O[C@@H](OOC(=O)Oc2ccc([NH+]=O)cc2)[C@H](OC(C)=O)[C@@H](OC(C)=O)[C@H]1OC(C)=O. The molecule has 0 saturated carbocycles. The fraction of sp³-hybridized carbons (Fsp3) is 0.476. The molecule has 1 saturated heterocycles. The summed E-state index contributed by atoms with van der Waals surface area (Å²) in [5.74, 6) is -3.25. The van der Waals surface area contributed by atoms with Gasteiger partial charge in [-0.3, -0.25) is 24.1 Å². The molecule has 2 rings (SSSR count). The Bertz CT molecular complexity index is 977. The summed E-state index contributed by atoms with van der Waals surface area (Å²) in [5, 5.41) is 1.65. The van der Waals surface area contributed by atoms with Gasteiger partial charge in [0.1, 0.15) is 18.5 Å². The lowest BCUT2D eigenvalue weighted by atomic mass is 9.98. The van der Waals surface area contributed by atoms with Crippen molar-refractivity contribution in [2.45, 2.75) is 58.4 Å². The van der Waals surface area contributed by atoms with Crippen LogP contribution in [-0.4, -0.2) is 67.3 Å². The van der Waals surface area contributed by atoms with Crippen molar-refractivity contribution >= 4 is 35.7 Å². The number of nitroso groups, excluding NO2 is 1. The zero-order valence-electron chi connectivity index (χ0n) is 19.6. The third-order valence-corrected chi connectivity index (χ3v) is 4.33. The Morgan fingerprint density at radius 3 is 1.89 bits per heavy atom. The Morgan fingerprint density at radius 1 is 0.806 bits per heavy atom. The van der Waals surface area contributed by atoms with Gasteiger partial charge in [-0.25, -0.2) is 4.79 Å². The third kappa shape index (κ3) is 8.59. The number of benzene rings is 1. The van der Waals surface area contributed by atoms with Crippen LogP contribution in [0.3, 0.4) is 0 Å². The summed E-state index contributed by atoms with van der Waals surface area (Å²) in [7, 11) is 0. The minimum absolute atomic E-state index is 0.0101. The maximum atomic E-state index is 12.1.